The van der Waals surface area contributed by atoms with Gasteiger partial charge in [-0.05, 0) is 49.0 Å². The van der Waals surface area contributed by atoms with Crippen LogP contribution < -0.4 is 10.1 Å². The first-order chi connectivity index (χ1) is 12.1. The van der Waals surface area contributed by atoms with Gasteiger partial charge in [0.1, 0.15) is 10.8 Å². The molecule has 0 unspecified atom stereocenters. The van der Waals surface area contributed by atoms with E-state index in [9.17, 15) is 13.6 Å². The number of hydrogen-bond acceptors (Lipinski definition) is 6. The summed E-state index contributed by atoms with van der Waals surface area (Å²) in [5.41, 5.74) is 0.805. The average Bonchev–Trinajstić information content (AvgIpc) is 2.96. The van der Waals surface area contributed by atoms with Gasteiger partial charge in [-0.1, -0.05) is 11.3 Å². The van der Waals surface area contributed by atoms with Gasteiger partial charge in [-0.25, -0.2) is 9.97 Å². The fourth-order valence-electron chi connectivity index (χ4n) is 2.12. The number of ether oxygens (including phenoxy) is 1. The minimum Gasteiger partial charge on any atom is -0.494 e. The molecule has 0 atom stereocenters. The van der Waals surface area contributed by atoms with Gasteiger partial charge >= 0.3 is 0 Å². The van der Waals surface area contributed by atoms with Gasteiger partial charge in [-0.2, -0.15) is 8.78 Å². The van der Waals surface area contributed by atoms with Crippen molar-refractivity contribution in [3.05, 3.63) is 42.1 Å². The van der Waals surface area contributed by atoms with Gasteiger partial charge in [-0.15, -0.1) is 0 Å². The Balaban J connectivity index is 1.82. The molecule has 3 aromatic rings. The van der Waals surface area contributed by atoms with E-state index in [4.69, 9.17) is 4.74 Å². The maximum Gasteiger partial charge on any atom is 0.290 e. The maximum absolute atomic E-state index is 12.6. The van der Waals surface area contributed by atoms with Crippen molar-refractivity contribution < 1.29 is 18.3 Å². The van der Waals surface area contributed by atoms with Crippen LogP contribution in [0, 0.1) is 0 Å². The van der Waals surface area contributed by atoms with E-state index >= 15 is 0 Å². The van der Waals surface area contributed by atoms with Crippen molar-refractivity contribution in [1.82, 2.24) is 9.97 Å². The molecular weight excluding hydrogens is 368 g/mol. The molecule has 0 saturated heterocycles. The smallest absolute Gasteiger partial charge is 0.290 e. The SMILES string of the molecule is CCOc1ccc2nc(NC(=O)c3cccnc3SC(F)F)sc2c1. The van der Waals surface area contributed by atoms with Gasteiger partial charge in [0.05, 0.1) is 22.4 Å². The largest absolute Gasteiger partial charge is 0.494 e. The van der Waals surface area contributed by atoms with E-state index in [-0.39, 0.29) is 22.4 Å². The molecule has 5 nitrogen and oxygen atoms in total. The van der Waals surface area contributed by atoms with Crippen molar-refractivity contribution in [3.8, 4) is 5.75 Å². The Morgan fingerprint density at radius 2 is 2.24 bits per heavy atom. The number of carbonyl (C=O) groups is 1. The highest BCUT2D eigenvalue weighted by Crippen LogP contribution is 2.31. The fourth-order valence-corrected chi connectivity index (χ4v) is 3.59. The summed E-state index contributed by atoms with van der Waals surface area (Å²) in [7, 11) is 0. The standard InChI is InChI=1S/C16H13F2N3O2S2/c1-2-23-9-5-6-11-12(8-9)24-16(20-11)21-13(22)10-4-3-7-19-14(10)25-15(17)18/h3-8,15H,2H2,1H3,(H,20,21,22). The molecule has 9 heteroatoms. The number of alkyl halides is 2. The molecular formula is C16H13F2N3O2S2. The summed E-state index contributed by atoms with van der Waals surface area (Å²) in [6.07, 6.45) is 1.37. The molecule has 130 valence electrons. The van der Waals surface area contributed by atoms with Crippen LogP contribution in [0.15, 0.2) is 41.6 Å². The molecule has 0 fully saturated rings. The molecule has 1 amide bonds. The van der Waals surface area contributed by atoms with E-state index < -0.39 is 11.7 Å². The number of carbonyl (C=O) groups excluding carboxylic acids is 1. The van der Waals surface area contributed by atoms with Gasteiger partial charge in [0.15, 0.2) is 5.13 Å². The highest BCUT2D eigenvalue weighted by Gasteiger charge is 2.18. The first kappa shape index (κ1) is 17.6. The van der Waals surface area contributed by atoms with Crippen LogP contribution in [0.1, 0.15) is 17.3 Å². The second-order valence-corrected chi connectivity index (χ2v) is 6.78. The van der Waals surface area contributed by atoms with Crippen molar-refractivity contribution in [2.24, 2.45) is 0 Å². The Bertz CT molecular complexity index is 902. The first-order valence-electron chi connectivity index (χ1n) is 7.31. The normalized spacial score (nSPS) is 11.0. The number of anilines is 1. The molecule has 2 heterocycles. The van der Waals surface area contributed by atoms with Crippen molar-refractivity contribution in [1.29, 1.82) is 0 Å². The van der Waals surface area contributed by atoms with E-state index in [0.29, 0.717) is 11.7 Å². The third-order valence-corrected chi connectivity index (χ3v) is 4.77. The van der Waals surface area contributed by atoms with E-state index in [1.807, 2.05) is 13.0 Å². The van der Waals surface area contributed by atoms with Crippen LogP contribution in [0.3, 0.4) is 0 Å². The molecule has 0 radical (unpaired) electrons. The summed E-state index contributed by atoms with van der Waals surface area (Å²) >= 11 is 1.52. The zero-order valence-corrected chi connectivity index (χ0v) is 14.7. The zero-order chi connectivity index (χ0) is 17.8. The summed E-state index contributed by atoms with van der Waals surface area (Å²) < 4.78 is 31.5. The van der Waals surface area contributed by atoms with Crippen LogP contribution in [0.4, 0.5) is 13.9 Å². The Hall–Kier alpha value is -2.26. The number of thiazole rings is 1. The van der Waals surface area contributed by atoms with Gasteiger partial charge in [0.25, 0.3) is 11.7 Å². The van der Waals surface area contributed by atoms with Crippen LogP contribution >= 0.6 is 23.1 Å². The quantitative estimate of drug-likeness (QED) is 0.629. The number of nitrogens with zero attached hydrogens (tertiary/aromatic N) is 2. The second kappa shape index (κ2) is 7.75. The number of benzene rings is 1. The Morgan fingerprint density at radius 1 is 1.40 bits per heavy atom. The number of fused-ring (bicyclic) bond motifs is 1. The molecule has 2 aromatic heterocycles. The molecule has 0 bridgehead atoms. The lowest BCUT2D eigenvalue weighted by Gasteiger charge is -2.06. The lowest BCUT2D eigenvalue weighted by atomic mass is 10.3. The van der Waals surface area contributed by atoms with Crippen LogP contribution in [-0.4, -0.2) is 28.2 Å². The summed E-state index contributed by atoms with van der Waals surface area (Å²) in [6, 6.07) is 8.42. The fraction of sp³-hybridized carbons (Fsp3) is 0.188. The first-order valence-corrected chi connectivity index (χ1v) is 9.01. The van der Waals surface area contributed by atoms with E-state index in [0.717, 1.165) is 16.0 Å². The van der Waals surface area contributed by atoms with Crippen LogP contribution in [-0.2, 0) is 0 Å². The predicted octanol–water partition coefficient (Wildman–Crippen LogP) is 4.66. The topological polar surface area (TPSA) is 64.1 Å². The monoisotopic (exact) mass is 381 g/mol. The molecule has 0 aliphatic carbocycles. The maximum atomic E-state index is 12.6. The number of hydrogen-bond donors (Lipinski definition) is 1. The van der Waals surface area contributed by atoms with E-state index in [2.05, 4.69) is 15.3 Å². The molecule has 0 saturated carbocycles. The summed E-state index contributed by atoms with van der Waals surface area (Å²) in [6.45, 7) is 2.45. The van der Waals surface area contributed by atoms with Crippen molar-refractivity contribution in [2.45, 2.75) is 17.7 Å². The molecule has 3 rings (SSSR count). The zero-order valence-electron chi connectivity index (χ0n) is 13.0. The minimum absolute atomic E-state index is 0.0188. The number of aromatic nitrogens is 2. The van der Waals surface area contributed by atoms with Crippen LogP contribution in [0.2, 0.25) is 0 Å². The van der Waals surface area contributed by atoms with Gasteiger partial charge in [-0.3, -0.25) is 10.1 Å². The van der Waals surface area contributed by atoms with Gasteiger partial charge in [0.2, 0.25) is 0 Å². The van der Waals surface area contributed by atoms with Crippen LogP contribution in [0.25, 0.3) is 10.2 Å². The van der Waals surface area contributed by atoms with Crippen LogP contribution in [0.5, 0.6) is 5.75 Å². The predicted molar refractivity (Wildman–Crippen MR) is 94.8 cm³/mol. The van der Waals surface area contributed by atoms with Gasteiger partial charge in [0, 0.05) is 6.20 Å². The Morgan fingerprint density at radius 3 is 3.00 bits per heavy atom. The molecule has 0 aliphatic rings. The number of thioether (sulfide) groups is 1. The number of halogens is 2. The number of pyridine rings is 1. The average molecular weight is 381 g/mol. The molecule has 1 N–H and O–H groups in total. The molecule has 25 heavy (non-hydrogen) atoms. The van der Waals surface area contributed by atoms with E-state index in [1.165, 1.54) is 29.7 Å². The third-order valence-electron chi connectivity index (χ3n) is 3.11. The van der Waals surface area contributed by atoms with Crippen molar-refractivity contribution in [2.75, 3.05) is 11.9 Å². The van der Waals surface area contributed by atoms with Crippen molar-refractivity contribution >= 4 is 44.4 Å². The Labute approximate surface area is 150 Å². The lowest BCUT2D eigenvalue weighted by Crippen LogP contribution is -2.13. The van der Waals surface area contributed by atoms with Gasteiger partial charge < -0.3 is 4.74 Å². The second-order valence-electron chi connectivity index (χ2n) is 4.77. The number of amides is 1. The molecule has 1 aromatic carbocycles. The summed E-state index contributed by atoms with van der Waals surface area (Å²) in [4.78, 5) is 20.6. The summed E-state index contributed by atoms with van der Waals surface area (Å²) in [5.74, 6) is -2.46. The molecule has 0 spiro atoms. The highest BCUT2D eigenvalue weighted by molar-refractivity contribution is 7.99. The molecule has 0 aliphatic heterocycles. The van der Waals surface area contributed by atoms with E-state index in [1.54, 1.807) is 12.1 Å². The number of nitrogens with one attached hydrogen (secondary N) is 1. The summed E-state index contributed by atoms with van der Waals surface area (Å²) in [5, 5.41) is 3.00. The highest BCUT2D eigenvalue weighted by atomic mass is 32.2. The number of rotatable bonds is 6. The Kier molecular flexibility index (Phi) is 5.44. The van der Waals surface area contributed by atoms with Crippen molar-refractivity contribution in [3.63, 3.8) is 0 Å². The lowest BCUT2D eigenvalue weighted by molar-refractivity contribution is 0.102. The third kappa shape index (κ3) is 4.23. The minimum atomic E-state index is -2.65.